The van der Waals surface area contributed by atoms with E-state index in [-0.39, 0.29) is 18.3 Å². The highest BCUT2D eigenvalue weighted by atomic mass is 16.6. The standard InChI is InChI=1S/C16H20N2O4/c1-11(2)17-9-12(19)10-22-16-8-7-15(18(20)21)13-5-3-4-6-14(13)16/h3-8,11-12,17,19H,9-10H2,1-2H3/t12-/m1/s1. The zero-order chi connectivity index (χ0) is 16.1. The van der Waals surface area contributed by atoms with Gasteiger partial charge in [-0.05, 0) is 12.1 Å². The Bertz CT molecular complexity index is 658. The van der Waals surface area contributed by atoms with Crippen LogP contribution in [0.5, 0.6) is 5.75 Å². The molecule has 2 N–H and O–H groups in total. The monoisotopic (exact) mass is 304 g/mol. The third-order valence-electron chi connectivity index (χ3n) is 3.25. The van der Waals surface area contributed by atoms with Gasteiger partial charge in [-0.2, -0.15) is 0 Å². The van der Waals surface area contributed by atoms with Crippen molar-refractivity contribution >= 4 is 16.5 Å². The van der Waals surface area contributed by atoms with Crippen LogP contribution >= 0.6 is 0 Å². The molecule has 0 saturated heterocycles. The van der Waals surface area contributed by atoms with Crippen LogP contribution in [0.2, 0.25) is 0 Å². The van der Waals surface area contributed by atoms with E-state index in [9.17, 15) is 15.2 Å². The molecular formula is C16H20N2O4. The summed E-state index contributed by atoms with van der Waals surface area (Å²) >= 11 is 0. The van der Waals surface area contributed by atoms with E-state index in [4.69, 9.17) is 4.74 Å². The van der Waals surface area contributed by atoms with E-state index in [1.165, 1.54) is 6.07 Å². The van der Waals surface area contributed by atoms with E-state index in [1.54, 1.807) is 30.3 Å². The molecule has 118 valence electrons. The number of nitro groups is 1. The molecule has 2 rings (SSSR count). The first-order valence-electron chi connectivity index (χ1n) is 7.19. The molecule has 6 heteroatoms. The fraction of sp³-hybridized carbons (Fsp3) is 0.375. The topological polar surface area (TPSA) is 84.6 Å². The second kappa shape index (κ2) is 7.20. The fourth-order valence-corrected chi connectivity index (χ4v) is 2.16. The average molecular weight is 304 g/mol. The molecule has 0 spiro atoms. The predicted octanol–water partition coefficient (Wildman–Crippen LogP) is 2.49. The van der Waals surface area contributed by atoms with Crippen molar-refractivity contribution in [3.05, 3.63) is 46.5 Å². The van der Waals surface area contributed by atoms with Crippen molar-refractivity contribution in [2.45, 2.75) is 26.0 Å². The van der Waals surface area contributed by atoms with Crippen molar-refractivity contribution in [2.24, 2.45) is 0 Å². The summed E-state index contributed by atoms with van der Waals surface area (Å²) in [6.45, 7) is 4.55. The Morgan fingerprint density at radius 3 is 2.55 bits per heavy atom. The van der Waals surface area contributed by atoms with Gasteiger partial charge < -0.3 is 15.2 Å². The number of aliphatic hydroxyl groups is 1. The van der Waals surface area contributed by atoms with Gasteiger partial charge >= 0.3 is 0 Å². The van der Waals surface area contributed by atoms with Crippen molar-refractivity contribution in [1.82, 2.24) is 5.32 Å². The number of benzene rings is 2. The Morgan fingerprint density at radius 2 is 1.91 bits per heavy atom. The summed E-state index contributed by atoms with van der Waals surface area (Å²) in [5, 5.41) is 25.3. The Balaban J connectivity index is 2.15. The molecule has 0 bridgehead atoms. The molecule has 2 aromatic carbocycles. The highest BCUT2D eigenvalue weighted by Crippen LogP contribution is 2.32. The molecule has 0 radical (unpaired) electrons. The maximum Gasteiger partial charge on any atom is 0.277 e. The molecule has 0 aromatic heterocycles. The van der Waals surface area contributed by atoms with Gasteiger partial charge in [-0.15, -0.1) is 0 Å². The molecule has 0 aliphatic heterocycles. The van der Waals surface area contributed by atoms with Crippen LogP contribution in [0.4, 0.5) is 5.69 Å². The van der Waals surface area contributed by atoms with Gasteiger partial charge in [-0.25, -0.2) is 0 Å². The Kier molecular flexibility index (Phi) is 5.30. The van der Waals surface area contributed by atoms with E-state index >= 15 is 0 Å². The van der Waals surface area contributed by atoms with E-state index in [1.807, 2.05) is 13.8 Å². The van der Waals surface area contributed by atoms with Crippen molar-refractivity contribution in [1.29, 1.82) is 0 Å². The normalized spacial score (nSPS) is 12.5. The molecule has 0 fully saturated rings. The summed E-state index contributed by atoms with van der Waals surface area (Å²) in [6, 6.07) is 10.3. The molecule has 0 unspecified atom stereocenters. The van der Waals surface area contributed by atoms with E-state index in [2.05, 4.69) is 5.32 Å². The lowest BCUT2D eigenvalue weighted by Crippen LogP contribution is -2.35. The van der Waals surface area contributed by atoms with Gasteiger partial charge in [0.2, 0.25) is 0 Å². The van der Waals surface area contributed by atoms with Gasteiger partial charge in [-0.3, -0.25) is 10.1 Å². The Morgan fingerprint density at radius 1 is 1.23 bits per heavy atom. The molecule has 1 atom stereocenters. The van der Waals surface area contributed by atoms with Crippen LogP contribution in [-0.4, -0.2) is 35.3 Å². The first-order valence-corrected chi connectivity index (χ1v) is 7.19. The number of fused-ring (bicyclic) bond motifs is 1. The third-order valence-corrected chi connectivity index (χ3v) is 3.25. The number of rotatable bonds is 7. The van der Waals surface area contributed by atoms with Crippen LogP contribution in [0.1, 0.15) is 13.8 Å². The average Bonchev–Trinajstić information content (AvgIpc) is 2.50. The number of nitro benzene ring substituents is 1. The SMILES string of the molecule is CC(C)NC[C@@H](O)COc1ccc([N+](=O)[O-])c2ccccc12. The van der Waals surface area contributed by atoms with Crippen LogP contribution in [0.25, 0.3) is 10.8 Å². The van der Waals surface area contributed by atoms with E-state index in [0.717, 1.165) is 0 Å². The molecule has 0 saturated carbocycles. The lowest BCUT2D eigenvalue weighted by molar-refractivity contribution is -0.383. The molecule has 6 nitrogen and oxygen atoms in total. The molecule has 0 heterocycles. The number of hydrogen-bond donors (Lipinski definition) is 2. The van der Waals surface area contributed by atoms with Gasteiger partial charge in [0.25, 0.3) is 5.69 Å². The molecular weight excluding hydrogens is 284 g/mol. The summed E-state index contributed by atoms with van der Waals surface area (Å²) in [7, 11) is 0. The van der Waals surface area contributed by atoms with Crippen molar-refractivity contribution < 1.29 is 14.8 Å². The number of nitrogens with one attached hydrogen (secondary N) is 1. The maximum absolute atomic E-state index is 11.1. The second-order valence-corrected chi connectivity index (χ2v) is 5.41. The van der Waals surface area contributed by atoms with Crippen LogP contribution < -0.4 is 10.1 Å². The maximum atomic E-state index is 11.1. The van der Waals surface area contributed by atoms with Crippen LogP contribution in [0, 0.1) is 10.1 Å². The highest BCUT2D eigenvalue weighted by molar-refractivity contribution is 5.95. The fourth-order valence-electron chi connectivity index (χ4n) is 2.16. The number of aliphatic hydroxyl groups excluding tert-OH is 1. The highest BCUT2D eigenvalue weighted by Gasteiger charge is 2.15. The number of nitrogens with zero attached hydrogens (tertiary/aromatic N) is 1. The largest absolute Gasteiger partial charge is 0.490 e. The lowest BCUT2D eigenvalue weighted by atomic mass is 10.1. The molecule has 0 aliphatic carbocycles. The minimum atomic E-state index is -0.642. The third kappa shape index (κ3) is 3.93. The summed E-state index contributed by atoms with van der Waals surface area (Å²) in [5.41, 5.74) is 0.0463. The summed E-state index contributed by atoms with van der Waals surface area (Å²) in [6.07, 6.45) is -0.642. The number of ether oxygens (including phenoxy) is 1. The van der Waals surface area contributed by atoms with Gasteiger partial charge in [0.05, 0.1) is 10.3 Å². The van der Waals surface area contributed by atoms with Gasteiger partial charge in [-0.1, -0.05) is 32.0 Å². The zero-order valence-electron chi connectivity index (χ0n) is 12.7. The van der Waals surface area contributed by atoms with E-state index in [0.29, 0.717) is 23.1 Å². The molecule has 0 aliphatic rings. The quantitative estimate of drug-likeness (QED) is 0.606. The van der Waals surface area contributed by atoms with E-state index < -0.39 is 11.0 Å². The molecule has 22 heavy (non-hydrogen) atoms. The van der Waals surface area contributed by atoms with Crippen molar-refractivity contribution in [2.75, 3.05) is 13.2 Å². The molecule has 2 aromatic rings. The van der Waals surface area contributed by atoms with Gasteiger partial charge in [0.1, 0.15) is 18.5 Å². The van der Waals surface area contributed by atoms with Crippen molar-refractivity contribution in [3.63, 3.8) is 0 Å². The van der Waals surface area contributed by atoms with Crippen molar-refractivity contribution in [3.8, 4) is 5.75 Å². The van der Waals surface area contributed by atoms with Crippen LogP contribution in [0.3, 0.4) is 0 Å². The van der Waals surface area contributed by atoms with Gasteiger partial charge in [0, 0.05) is 24.0 Å². The number of hydrogen-bond acceptors (Lipinski definition) is 5. The summed E-state index contributed by atoms with van der Waals surface area (Å²) in [4.78, 5) is 10.6. The Labute approximate surface area is 128 Å². The smallest absolute Gasteiger partial charge is 0.277 e. The first kappa shape index (κ1) is 16.2. The van der Waals surface area contributed by atoms with Crippen LogP contribution in [-0.2, 0) is 0 Å². The minimum absolute atomic E-state index is 0.0463. The Hall–Kier alpha value is -2.18. The summed E-state index contributed by atoms with van der Waals surface area (Å²) in [5.74, 6) is 0.532. The number of non-ortho nitro benzene ring substituents is 1. The lowest BCUT2D eigenvalue weighted by Gasteiger charge is -2.16. The zero-order valence-corrected chi connectivity index (χ0v) is 12.7. The minimum Gasteiger partial charge on any atom is -0.490 e. The predicted molar refractivity (Wildman–Crippen MR) is 85.2 cm³/mol. The summed E-state index contributed by atoms with van der Waals surface area (Å²) < 4.78 is 5.64. The molecule has 0 amide bonds. The van der Waals surface area contributed by atoms with Gasteiger partial charge in [0.15, 0.2) is 0 Å². The first-order chi connectivity index (χ1) is 10.5. The van der Waals surface area contributed by atoms with Crippen LogP contribution in [0.15, 0.2) is 36.4 Å². The second-order valence-electron chi connectivity index (χ2n) is 5.41.